The number of rotatable bonds is 4. The van der Waals surface area contributed by atoms with Crippen LogP contribution < -0.4 is 5.32 Å². The van der Waals surface area contributed by atoms with E-state index in [2.05, 4.69) is 25.3 Å². The van der Waals surface area contributed by atoms with E-state index in [1.807, 2.05) is 6.07 Å². The van der Waals surface area contributed by atoms with E-state index >= 15 is 0 Å². The molecule has 3 rings (SSSR count). The summed E-state index contributed by atoms with van der Waals surface area (Å²) in [6.45, 7) is 2.94. The second kappa shape index (κ2) is 6.01. The fraction of sp³-hybridized carbons (Fsp3) is 0.429. The molecule has 1 aliphatic rings. The fourth-order valence-corrected chi connectivity index (χ4v) is 2.58. The Labute approximate surface area is 122 Å². The van der Waals surface area contributed by atoms with Gasteiger partial charge in [-0.3, -0.25) is 14.7 Å². The van der Waals surface area contributed by atoms with E-state index in [0.29, 0.717) is 23.9 Å². The molecule has 0 bridgehead atoms. The Hall–Kier alpha value is -2.28. The Bertz CT molecular complexity index is 613. The summed E-state index contributed by atoms with van der Waals surface area (Å²) in [6.07, 6.45) is 5.27. The molecular formula is C14H17N5O2. The number of anilines is 1. The zero-order chi connectivity index (χ0) is 14.7. The number of hydrogen-bond acceptors (Lipinski definition) is 6. The van der Waals surface area contributed by atoms with Crippen molar-refractivity contribution in [3.63, 3.8) is 0 Å². The van der Waals surface area contributed by atoms with Gasteiger partial charge in [-0.1, -0.05) is 5.16 Å². The van der Waals surface area contributed by atoms with Crippen LogP contribution in [0.4, 0.5) is 5.69 Å². The van der Waals surface area contributed by atoms with Crippen LogP contribution in [0.5, 0.6) is 0 Å². The van der Waals surface area contributed by atoms with Gasteiger partial charge in [0.2, 0.25) is 11.8 Å². The lowest BCUT2D eigenvalue weighted by molar-refractivity contribution is -0.117. The number of hydrogen-bond donors (Lipinski definition) is 1. The number of aromatic nitrogens is 3. The van der Waals surface area contributed by atoms with E-state index in [-0.39, 0.29) is 11.9 Å². The predicted octanol–water partition coefficient (Wildman–Crippen LogP) is 1.55. The molecule has 0 aliphatic carbocycles. The quantitative estimate of drug-likeness (QED) is 0.918. The Morgan fingerprint density at radius 3 is 3.19 bits per heavy atom. The summed E-state index contributed by atoms with van der Waals surface area (Å²) >= 11 is 0. The van der Waals surface area contributed by atoms with Crippen molar-refractivity contribution in [2.45, 2.75) is 25.8 Å². The zero-order valence-corrected chi connectivity index (χ0v) is 11.8. The average molecular weight is 287 g/mol. The van der Waals surface area contributed by atoms with Crippen LogP contribution in [0.2, 0.25) is 0 Å². The minimum Gasteiger partial charge on any atom is -0.340 e. The van der Waals surface area contributed by atoms with E-state index < -0.39 is 0 Å². The minimum absolute atomic E-state index is 0.0575. The molecule has 0 saturated carbocycles. The molecule has 7 heteroatoms. The molecule has 1 amide bonds. The molecule has 1 saturated heterocycles. The second-order valence-corrected chi connectivity index (χ2v) is 5.09. The highest BCUT2D eigenvalue weighted by atomic mass is 16.5. The Morgan fingerprint density at radius 2 is 2.48 bits per heavy atom. The monoisotopic (exact) mass is 287 g/mol. The van der Waals surface area contributed by atoms with Crippen molar-refractivity contribution in [3.8, 4) is 0 Å². The summed E-state index contributed by atoms with van der Waals surface area (Å²) in [7, 11) is 0. The zero-order valence-electron chi connectivity index (χ0n) is 11.8. The summed E-state index contributed by atoms with van der Waals surface area (Å²) in [5.41, 5.74) is 0.702. The molecule has 3 heterocycles. The van der Waals surface area contributed by atoms with Gasteiger partial charge in [-0.25, -0.2) is 0 Å². The molecule has 0 unspecified atom stereocenters. The lowest BCUT2D eigenvalue weighted by atomic mass is 10.2. The summed E-state index contributed by atoms with van der Waals surface area (Å²) in [5, 5.41) is 6.81. The molecule has 1 N–H and O–H groups in total. The maximum absolute atomic E-state index is 12.1. The lowest BCUT2D eigenvalue weighted by Crippen LogP contribution is -2.33. The third kappa shape index (κ3) is 3.25. The molecule has 21 heavy (non-hydrogen) atoms. The van der Waals surface area contributed by atoms with Crippen LogP contribution in [-0.2, 0) is 4.79 Å². The fourth-order valence-electron chi connectivity index (χ4n) is 2.58. The van der Waals surface area contributed by atoms with Crippen molar-refractivity contribution in [1.29, 1.82) is 0 Å². The number of aryl methyl sites for hydroxylation is 1. The topological polar surface area (TPSA) is 84.2 Å². The van der Waals surface area contributed by atoms with Gasteiger partial charge in [-0.05, 0) is 31.5 Å². The highest BCUT2D eigenvalue weighted by molar-refractivity contribution is 5.92. The summed E-state index contributed by atoms with van der Waals surface area (Å²) in [5.74, 6) is 1.16. The summed E-state index contributed by atoms with van der Waals surface area (Å²) in [6, 6.07) is 3.66. The Morgan fingerprint density at radius 1 is 1.57 bits per heavy atom. The van der Waals surface area contributed by atoms with Gasteiger partial charge in [0, 0.05) is 13.1 Å². The van der Waals surface area contributed by atoms with Crippen LogP contribution >= 0.6 is 0 Å². The van der Waals surface area contributed by atoms with Crippen molar-refractivity contribution in [2.75, 3.05) is 18.4 Å². The number of likely N-dealkylation sites (tertiary alicyclic amines) is 1. The second-order valence-electron chi connectivity index (χ2n) is 5.09. The predicted molar refractivity (Wildman–Crippen MR) is 75.4 cm³/mol. The number of carbonyl (C=O) groups is 1. The molecule has 7 nitrogen and oxygen atoms in total. The Kier molecular flexibility index (Phi) is 3.92. The first kappa shape index (κ1) is 13.7. The van der Waals surface area contributed by atoms with Gasteiger partial charge in [-0.2, -0.15) is 4.98 Å². The number of carbonyl (C=O) groups excluding carboxylic acids is 1. The van der Waals surface area contributed by atoms with Crippen molar-refractivity contribution in [1.82, 2.24) is 20.0 Å². The van der Waals surface area contributed by atoms with Gasteiger partial charge >= 0.3 is 0 Å². The van der Waals surface area contributed by atoms with Gasteiger partial charge in [-0.15, -0.1) is 0 Å². The number of amides is 1. The molecule has 1 atom stereocenters. The molecule has 1 fully saturated rings. The average Bonchev–Trinajstić information content (AvgIpc) is 3.08. The van der Waals surface area contributed by atoms with Crippen LogP contribution in [0.1, 0.15) is 30.6 Å². The van der Waals surface area contributed by atoms with Crippen molar-refractivity contribution in [2.24, 2.45) is 0 Å². The van der Waals surface area contributed by atoms with E-state index in [9.17, 15) is 4.79 Å². The highest BCUT2D eigenvalue weighted by Gasteiger charge is 2.30. The van der Waals surface area contributed by atoms with Crippen molar-refractivity contribution in [3.05, 3.63) is 36.2 Å². The largest absolute Gasteiger partial charge is 0.340 e. The van der Waals surface area contributed by atoms with Gasteiger partial charge in [0.05, 0.1) is 24.5 Å². The van der Waals surface area contributed by atoms with Crippen LogP contribution in [0.3, 0.4) is 0 Å². The van der Waals surface area contributed by atoms with E-state index in [1.54, 1.807) is 25.4 Å². The Balaban J connectivity index is 1.62. The van der Waals surface area contributed by atoms with Crippen LogP contribution in [-0.4, -0.2) is 39.0 Å². The van der Waals surface area contributed by atoms with Gasteiger partial charge in [0.25, 0.3) is 0 Å². The number of nitrogens with one attached hydrogen (secondary N) is 1. The standard InChI is InChI=1S/C14H17N5O2/c1-10-16-14(18-21-10)12-5-3-7-19(12)9-13(20)17-11-4-2-6-15-8-11/h2,4,6,8,12H,3,5,7,9H2,1H3,(H,17,20)/t12-/m0/s1. The molecule has 1 aliphatic heterocycles. The van der Waals surface area contributed by atoms with Crippen LogP contribution in [0.15, 0.2) is 29.0 Å². The first-order valence-corrected chi connectivity index (χ1v) is 6.96. The molecule has 0 spiro atoms. The molecule has 0 radical (unpaired) electrons. The molecule has 2 aromatic heterocycles. The smallest absolute Gasteiger partial charge is 0.238 e. The van der Waals surface area contributed by atoms with Gasteiger partial charge in [0.1, 0.15) is 0 Å². The van der Waals surface area contributed by atoms with Crippen molar-refractivity contribution < 1.29 is 9.32 Å². The number of nitrogens with zero attached hydrogens (tertiary/aromatic N) is 4. The van der Waals surface area contributed by atoms with Crippen LogP contribution in [0.25, 0.3) is 0 Å². The van der Waals surface area contributed by atoms with Gasteiger partial charge < -0.3 is 9.84 Å². The molecule has 0 aromatic carbocycles. The van der Waals surface area contributed by atoms with E-state index in [0.717, 1.165) is 19.4 Å². The minimum atomic E-state index is -0.0601. The first-order valence-electron chi connectivity index (χ1n) is 6.96. The SMILES string of the molecule is Cc1nc([C@@H]2CCCN2CC(=O)Nc2cccnc2)no1. The van der Waals surface area contributed by atoms with E-state index in [1.165, 1.54) is 0 Å². The maximum Gasteiger partial charge on any atom is 0.238 e. The summed E-state index contributed by atoms with van der Waals surface area (Å²) in [4.78, 5) is 22.4. The molecule has 2 aromatic rings. The molecule has 110 valence electrons. The highest BCUT2D eigenvalue weighted by Crippen LogP contribution is 2.29. The number of pyridine rings is 1. The third-order valence-electron chi connectivity index (χ3n) is 3.50. The molecular weight excluding hydrogens is 270 g/mol. The van der Waals surface area contributed by atoms with Gasteiger partial charge in [0.15, 0.2) is 5.82 Å². The normalized spacial score (nSPS) is 18.8. The lowest BCUT2D eigenvalue weighted by Gasteiger charge is -2.20. The third-order valence-corrected chi connectivity index (χ3v) is 3.50. The maximum atomic E-state index is 12.1. The van der Waals surface area contributed by atoms with E-state index in [4.69, 9.17) is 4.52 Å². The first-order chi connectivity index (χ1) is 10.2. The summed E-state index contributed by atoms with van der Waals surface area (Å²) < 4.78 is 5.03. The van der Waals surface area contributed by atoms with Crippen molar-refractivity contribution >= 4 is 11.6 Å². The van der Waals surface area contributed by atoms with Crippen LogP contribution in [0, 0.1) is 6.92 Å².